The highest BCUT2D eigenvalue weighted by atomic mass is 16.1. The highest BCUT2D eigenvalue weighted by molar-refractivity contribution is 5.79. The molecular weight excluding hydrogens is 308 g/mol. The summed E-state index contributed by atoms with van der Waals surface area (Å²) in [6, 6.07) is 8.41. The molecule has 0 saturated carbocycles. The van der Waals surface area contributed by atoms with Gasteiger partial charge in [0.25, 0.3) is 0 Å². The Morgan fingerprint density at radius 1 is 1.00 bits per heavy atom. The zero-order chi connectivity index (χ0) is 19.7. The normalized spacial score (nSPS) is 10.9. The van der Waals surface area contributed by atoms with E-state index in [1.807, 2.05) is 39.8 Å². The van der Waals surface area contributed by atoms with Gasteiger partial charge in [0.05, 0.1) is 6.42 Å². The lowest BCUT2D eigenvalue weighted by Crippen LogP contribution is -2.43. The lowest BCUT2D eigenvalue weighted by Gasteiger charge is -2.21. The molecule has 0 heterocycles. The molecule has 1 amide bonds. The molecule has 1 aromatic rings. The average molecular weight is 351 g/mol. The van der Waals surface area contributed by atoms with E-state index in [1.54, 1.807) is 0 Å². The Bertz CT molecular complexity index is 430. The van der Waals surface area contributed by atoms with Crippen molar-refractivity contribution in [2.75, 3.05) is 13.1 Å². The molecule has 1 unspecified atom stereocenters. The van der Waals surface area contributed by atoms with Crippen LogP contribution in [0, 0.1) is 5.92 Å². The quantitative estimate of drug-likeness (QED) is 0.659. The van der Waals surface area contributed by atoms with Crippen molar-refractivity contribution < 1.29 is 4.79 Å². The van der Waals surface area contributed by atoms with Gasteiger partial charge in [0.1, 0.15) is 0 Å². The fraction of sp³-hybridized carbons (Fsp3) is 0.682. The summed E-state index contributed by atoms with van der Waals surface area (Å²) in [4.78, 5) is 12.3. The molecular formula is C22H42N2O. The summed E-state index contributed by atoms with van der Waals surface area (Å²) in [6.07, 6.45) is 2.45. The van der Waals surface area contributed by atoms with Crippen molar-refractivity contribution in [3.63, 3.8) is 0 Å². The first-order valence-electron chi connectivity index (χ1n) is 10.1. The van der Waals surface area contributed by atoms with E-state index in [2.05, 4.69) is 50.5 Å². The van der Waals surface area contributed by atoms with Crippen LogP contribution in [0.3, 0.4) is 0 Å². The SMILES string of the molecule is CC.CC.CCNCC(CC(C)C)NC(=O)Cc1ccccc1CC. The third-order valence-electron chi connectivity index (χ3n) is 3.61. The fourth-order valence-corrected chi connectivity index (χ4v) is 2.61. The van der Waals surface area contributed by atoms with Crippen molar-refractivity contribution in [2.24, 2.45) is 5.92 Å². The van der Waals surface area contributed by atoms with Gasteiger partial charge in [0.2, 0.25) is 5.91 Å². The molecule has 0 aliphatic rings. The molecule has 2 N–H and O–H groups in total. The number of nitrogens with one attached hydrogen (secondary N) is 2. The molecule has 1 aromatic carbocycles. The van der Waals surface area contributed by atoms with Crippen LogP contribution in [0.2, 0.25) is 0 Å². The molecule has 1 rings (SSSR count). The average Bonchev–Trinajstić information content (AvgIpc) is 2.63. The Balaban J connectivity index is 0. The molecule has 0 saturated heterocycles. The van der Waals surface area contributed by atoms with Crippen LogP contribution >= 0.6 is 0 Å². The largest absolute Gasteiger partial charge is 0.352 e. The predicted octanol–water partition coefficient (Wildman–Crippen LogP) is 4.98. The minimum atomic E-state index is 0.124. The van der Waals surface area contributed by atoms with Gasteiger partial charge in [0, 0.05) is 12.6 Å². The van der Waals surface area contributed by atoms with Gasteiger partial charge in [0.15, 0.2) is 0 Å². The number of carbonyl (C=O) groups is 1. The smallest absolute Gasteiger partial charge is 0.224 e. The van der Waals surface area contributed by atoms with Crippen LogP contribution in [-0.4, -0.2) is 25.0 Å². The molecule has 146 valence electrons. The second-order valence-corrected chi connectivity index (χ2v) is 6.00. The number of carbonyl (C=O) groups excluding carboxylic acids is 1. The minimum absolute atomic E-state index is 0.124. The number of rotatable bonds is 9. The Hall–Kier alpha value is -1.35. The summed E-state index contributed by atoms with van der Waals surface area (Å²) in [6.45, 7) is 18.4. The molecule has 0 fully saturated rings. The summed E-state index contributed by atoms with van der Waals surface area (Å²) in [5.41, 5.74) is 2.41. The minimum Gasteiger partial charge on any atom is -0.352 e. The van der Waals surface area contributed by atoms with E-state index in [-0.39, 0.29) is 11.9 Å². The van der Waals surface area contributed by atoms with Crippen LogP contribution in [0.25, 0.3) is 0 Å². The van der Waals surface area contributed by atoms with Crippen LogP contribution in [0.15, 0.2) is 24.3 Å². The zero-order valence-electron chi connectivity index (χ0n) is 17.9. The summed E-state index contributed by atoms with van der Waals surface area (Å²) >= 11 is 0. The van der Waals surface area contributed by atoms with Crippen LogP contribution in [0.4, 0.5) is 0 Å². The van der Waals surface area contributed by atoms with Crippen LogP contribution in [0.1, 0.15) is 72.9 Å². The molecule has 0 spiro atoms. The maximum absolute atomic E-state index is 12.3. The molecule has 0 aliphatic heterocycles. The van der Waals surface area contributed by atoms with Crippen LogP contribution in [-0.2, 0) is 17.6 Å². The Kier molecular flexibility index (Phi) is 18.1. The number of benzene rings is 1. The number of aryl methyl sites for hydroxylation is 1. The first-order valence-corrected chi connectivity index (χ1v) is 10.1. The number of hydrogen-bond acceptors (Lipinski definition) is 2. The van der Waals surface area contributed by atoms with E-state index >= 15 is 0 Å². The van der Waals surface area contributed by atoms with E-state index in [9.17, 15) is 4.79 Å². The van der Waals surface area contributed by atoms with E-state index in [4.69, 9.17) is 0 Å². The number of amides is 1. The predicted molar refractivity (Wildman–Crippen MR) is 112 cm³/mol. The third-order valence-corrected chi connectivity index (χ3v) is 3.61. The second-order valence-electron chi connectivity index (χ2n) is 6.00. The highest BCUT2D eigenvalue weighted by Crippen LogP contribution is 2.11. The van der Waals surface area contributed by atoms with Gasteiger partial charge < -0.3 is 10.6 Å². The van der Waals surface area contributed by atoms with E-state index in [1.165, 1.54) is 5.56 Å². The van der Waals surface area contributed by atoms with Crippen molar-refractivity contribution in [3.8, 4) is 0 Å². The summed E-state index contributed by atoms with van der Waals surface area (Å²) in [7, 11) is 0. The van der Waals surface area contributed by atoms with Gasteiger partial charge in [-0.15, -0.1) is 0 Å². The van der Waals surface area contributed by atoms with Crippen molar-refractivity contribution >= 4 is 5.91 Å². The molecule has 0 aromatic heterocycles. The first kappa shape index (κ1) is 25.9. The standard InChI is InChI=1S/C18H30N2O.2C2H6/c1-5-15-9-7-8-10-16(15)12-18(21)20-17(11-14(3)4)13-19-6-2;2*1-2/h7-10,14,17,19H,5-6,11-13H2,1-4H3,(H,20,21);2*1-2H3. The van der Waals surface area contributed by atoms with Gasteiger partial charge in [-0.3, -0.25) is 4.79 Å². The van der Waals surface area contributed by atoms with Gasteiger partial charge in [-0.2, -0.15) is 0 Å². The van der Waals surface area contributed by atoms with Gasteiger partial charge in [-0.1, -0.05) is 79.7 Å². The monoisotopic (exact) mass is 350 g/mol. The van der Waals surface area contributed by atoms with Crippen LogP contribution < -0.4 is 10.6 Å². The van der Waals surface area contributed by atoms with Crippen molar-refractivity contribution in [1.82, 2.24) is 10.6 Å². The van der Waals surface area contributed by atoms with Gasteiger partial charge in [-0.05, 0) is 36.4 Å². The molecule has 0 bridgehead atoms. The van der Waals surface area contributed by atoms with Crippen molar-refractivity contribution in [2.45, 2.75) is 80.7 Å². The number of likely N-dealkylation sites (N-methyl/N-ethyl adjacent to an activating group) is 1. The summed E-state index contributed by atoms with van der Waals surface area (Å²) in [5.74, 6) is 0.705. The molecule has 25 heavy (non-hydrogen) atoms. The molecule has 0 radical (unpaired) electrons. The maximum atomic E-state index is 12.3. The molecule has 3 heteroatoms. The second kappa shape index (κ2) is 17.5. The van der Waals surface area contributed by atoms with Crippen molar-refractivity contribution in [3.05, 3.63) is 35.4 Å². The molecule has 1 atom stereocenters. The Morgan fingerprint density at radius 3 is 2.04 bits per heavy atom. The molecule has 3 nitrogen and oxygen atoms in total. The fourth-order valence-electron chi connectivity index (χ4n) is 2.61. The summed E-state index contributed by atoms with van der Waals surface area (Å²) in [5, 5.41) is 6.51. The number of hydrogen-bond donors (Lipinski definition) is 2. The first-order chi connectivity index (χ1) is 12.1. The topological polar surface area (TPSA) is 41.1 Å². The Morgan fingerprint density at radius 2 is 1.56 bits per heavy atom. The van der Waals surface area contributed by atoms with E-state index in [0.29, 0.717) is 12.3 Å². The van der Waals surface area contributed by atoms with Gasteiger partial charge in [-0.25, -0.2) is 0 Å². The molecule has 0 aliphatic carbocycles. The van der Waals surface area contributed by atoms with Crippen LogP contribution in [0.5, 0.6) is 0 Å². The lowest BCUT2D eigenvalue weighted by molar-refractivity contribution is -0.121. The van der Waals surface area contributed by atoms with Crippen molar-refractivity contribution in [1.29, 1.82) is 0 Å². The highest BCUT2D eigenvalue weighted by Gasteiger charge is 2.14. The zero-order valence-corrected chi connectivity index (χ0v) is 17.9. The maximum Gasteiger partial charge on any atom is 0.224 e. The lowest BCUT2D eigenvalue weighted by atomic mass is 10.0. The van der Waals surface area contributed by atoms with E-state index in [0.717, 1.165) is 31.5 Å². The Labute approximate surface area is 157 Å². The van der Waals surface area contributed by atoms with E-state index < -0.39 is 0 Å². The third kappa shape index (κ3) is 12.6. The van der Waals surface area contributed by atoms with Gasteiger partial charge >= 0.3 is 0 Å². The summed E-state index contributed by atoms with van der Waals surface area (Å²) < 4.78 is 0.